The van der Waals surface area contributed by atoms with Gasteiger partial charge in [-0.2, -0.15) is 0 Å². The van der Waals surface area contributed by atoms with E-state index in [1.54, 1.807) is 0 Å². The molecule has 16 atom stereocenters. The largest absolute Gasteiger partial charge is 0.388 e. The van der Waals surface area contributed by atoms with Gasteiger partial charge >= 0.3 is 0 Å². The molecule has 1 amide bonds. The number of rotatable bonds is 10. The highest BCUT2D eigenvalue weighted by Gasteiger charge is 2.52. The summed E-state index contributed by atoms with van der Waals surface area (Å²) in [6.07, 6.45) is -20.2. The van der Waals surface area contributed by atoms with Crippen molar-refractivity contribution in [2.24, 2.45) is 22.9 Å². The first kappa shape index (κ1) is 33.0. The Labute approximate surface area is 229 Å². The fourth-order valence-corrected chi connectivity index (χ4v) is 4.98. The molecule has 0 aromatic rings. The quantitative estimate of drug-likeness (QED) is 0.106. The molecule has 0 aromatic carbocycles. The van der Waals surface area contributed by atoms with Gasteiger partial charge in [0.2, 0.25) is 5.91 Å². The molecule has 3 rings (SSSR count). The minimum atomic E-state index is -1.77. The van der Waals surface area contributed by atoms with E-state index in [0.717, 1.165) is 0 Å². The number of ether oxygens (including phenoxy) is 4. The molecule has 2 heterocycles. The fraction of sp³-hybridized carbons (Fsp3) is 0.909. The Kier molecular flexibility index (Phi) is 11.7. The number of aldehydes is 1. The van der Waals surface area contributed by atoms with E-state index >= 15 is 0 Å². The fourth-order valence-electron chi connectivity index (χ4n) is 4.98. The maximum Gasteiger partial charge on any atom is 0.249 e. The zero-order valence-corrected chi connectivity index (χ0v) is 21.5. The van der Waals surface area contributed by atoms with E-state index in [9.17, 15) is 45.3 Å². The van der Waals surface area contributed by atoms with Crippen molar-refractivity contribution in [1.29, 1.82) is 0 Å². The number of aliphatic hydroxyl groups excluding tert-OH is 7. The first-order valence-corrected chi connectivity index (χ1v) is 12.9. The molecule has 0 unspecified atom stereocenters. The standard InChI is InChI=1S/C22H41N5O13/c23-2-1-8(29)20(36)27-7-3-6(25)18(39-22-16(34)15(33)13(31)9(4-24)37-22)17(35)19(7)40-21-14(32)11(26)12(30)10(5-28)38-21/h5-19,21-22,29-35H,1-4,23-26H2,(H,27,36)/t6-,7+,8-,9+,10+,11-,12+,13+,14+,15-,16+,17-,18+,19-,21+,22+/m0/s1. The lowest BCUT2D eigenvalue weighted by molar-refractivity contribution is -0.329. The number of hydrogen-bond acceptors (Lipinski definition) is 17. The van der Waals surface area contributed by atoms with E-state index in [1.165, 1.54) is 0 Å². The van der Waals surface area contributed by atoms with Crippen LogP contribution in [-0.2, 0) is 28.5 Å². The third kappa shape index (κ3) is 6.94. The number of carbonyl (C=O) groups is 2. The molecule has 40 heavy (non-hydrogen) atoms. The number of amides is 1. The Morgan fingerprint density at radius 1 is 0.900 bits per heavy atom. The number of hydrogen-bond donors (Lipinski definition) is 12. The van der Waals surface area contributed by atoms with Gasteiger partial charge in [0.1, 0.15) is 67.1 Å². The molecule has 16 N–H and O–H groups in total. The Morgan fingerprint density at radius 3 is 2.12 bits per heavy atom. The van der Waals surface area contributed by atoms with Gasteiger partial charge < -0.3 is 87.7 Å². The van der Waals surface area contributed by atoms with Crippen molar-refractivity contribution >= 4 is 12.2 Å². The van der Waals surface area contributed by atoms with Gasteiger partial charge in [0, 0.05) is 12.6 Å². The predicted molar refractivity (Wildman–Crippen MR) is 130 cm³/mol. The van der Waals surface area contributed by atoms with Crippen LogP contribution in [0.2, 0.25) is 0 Å². The average molecular weight is 584 g/mol. The SMILES string of the molecule is NCC[C@H](O)C(=O)N[C@@H]1C[C@H](N)[C@@H](O[C@H]2O[C@H](CN)[C@@H](O)[C@H](O)[C@H]2O)[C@H](O)[C@H]1O[C@H]1O[C@H](C=O)[C@@H](O)[C@H](N)[C@H]1O. The van der Waals surface area contributed by atoms with Crippen molar-refractivity contribution in [2.45, 2.75) is 111 Å². The number of nitrogens with two attached hydrogens (primary N) is 4. The monoisotopic (exact) mass is 583 g/mol. The summed E-state index contributed by atoms with van der Waals surface area (Å²) in [5, 5.41) is 75.1. The molecule has 18 heteroatoms. The van der Waals surface area contributed by atoms with Crippen molar-refractivity contribution in [3.63, 3.8) is 0 Å². The first-order valence-electron chi connectivity index (χ1n) is 12.9. The summed E-state index contributed by atoms with van der Waals surface area (Å²) in [5.74, 6) is -0.861. The first-order chi connectivity index (χ1) is 18.9. The van der Waals surface area contributed by atoms with Crippen LogP contribution in [0, 0.1) is 0 Å². The molecule has 232 valence electrons. The summed E-state index contributed by atoms with van der Waals surface area (Å²) < 4.78 is 22.3. The Hall–Kier alpha value is -1.46. The highest BCUT2D eigenvalue weighted by Crippen LogP contribution is 2.32. The highest BCUT2D eigenvalue weighted by molar-refractivity contribution is 5.80. The van der Waals surface area contributed by atoms with Crippen LogP contribution in [0.15, 0.2) is 0 Å². The van der Waals surface area contributed by atoms with Crippen molar-refractivity contribution in [1.82, 2.24) is 5.32 Å². The van der Waals surface area contributed by atoms with Crippen LogP contribution in [-0.4, -0.2) is 159 Å². The average Bonchev–Trinajstić information content (AvgIpc) is 2.92. The lowest BCUT2D eigenvalue weighted by atomic mass is 9.83. The van der Waals surface area contributed by atoms with Gasteiger partial charge in [-0.1, -0.05) is 0 Å². The summed E-state index contributed by atoms with van der Waals surface area (Å²) in [5.41, 5.74) is 23.0. The van der Waals surface area contributed by atoms with Gasteiger partial charge in [-0.05, 0) is 19.4 Å². The number of nitrogens with one attached hydrogen (secondary N) is 1. The van der Waals surface area contributed by atoms with Crippen LogP contribution in [0.25, 0.3) is 0 Å². The summed E-state index contributed by atoms with van der Waals surface area (Å²) >= 11 is 0. The van der Waals surface area contributed by atoms with Crippen molar-refractivity contribution in [3.05, 3.63) is 0 Å². The van der Waals surface area contributed by atoms with Crippen LogP contribution in [0.3, 0.4) is 0 Å². The van der Waals surface area contributed by atoms with Crippen molar-refractivity contribution in [3.8, 4) is 0 Å². The van der Waals surface area contributed by atoms with E-state index in [1.807, 2.05) is 0 Å². The number of carbonyl (C=O) groups excluding carboxylic acids is 2. The Bertz CT molecular complexity index is 845. The third-order valence-electron chi connectivity index (χ3n) is 7.40. The third-order valence-corrected chi connectivity index (χ3v) is 7.40. The van der Waals surface area contributed by atoms with E-state index in [-0.39, 0.29) is 32.2 Å². The molecule has 3 aliphatic rings. The van der Waals surface area contributed by atoms with Crippen LogP contribution in [0.4, 0.5) is 0 Å². The summed E-state index contributed by atoms with van der Waals surface area (Å²) in [6, 6.07) is -3.57. The molecule has 2 saturated heterocycles. The van der Waals surface area contributed by atoms with E-state index in [4.69, 9.17) is 41.9 Å². The molecule has 0 spiro atoms. The van der Waals surface area contributed by atoms with Gasteiger partial charge in [0.15, 0.2) is 18.9 Å². The number of aliphatic hydroxyl groups is 7. The van der Waals surface area contributed by atoms with E-state index in [2.05, 4.69) is 5.32 Å². The molecular weight excluding hydrogens is 542 g/mol. The van der Waals surface area contributed by atoms with Gasteiger partial charge in [0.25, 0.3) is 0 Å². The molecule has 0 radical (unpaired) electrons. The molecule has 2 aliphatic heterocycles. The van der Waals surface area contributed by atoms with Crippen LogP contribution in [0.1, 0.15) is 12.8 Å². The predicted octanol–water partition coefficient (Wildman–Crippen LogP) is -8.22. The molecule has 0 aromatic heterocycles. The topological polar surface area (TPSA) is 329 Å². The van der Waals surface area contributed by atoms with Gasteiger partial charge in [-0.15, -0.1) is 0 Å². The maximum atomic E-state index is 12.6. The normalized spacial score (nSPS) is 46.9. The zero-order chi connectivity index (χ0) is 29.9. The van der Waals surface area contributed by atoms with E-state index in [0.29, 0.717) is 0 Å². The molecule has 0 bridgehead atoms. The summed E-state index contributed by atoms with van der Waals surface area (Å²) in [7, 11) is 0. The van der Waals surface area contributed by atoms with E-state index < -0.39 is 104 Å². The highest BCUT2D eigenvalue weighted by atomic mass is 16.7. The second kappa shape index (κ2) is 14.1. The van der Waals surface area contributed by atoms with Crippen molar-refractivity contribution < 1.29 is 64.3 Å². The van der Waals surface area contributed by atoms with Crippen LogP contribution >= 0.6 is 0 Å². The molecule has 3 fully saturated rings. The Balaban J connectivity index is 1.85. The maximum absolute atomic E-state index is 12.6. The molecular formula is C22H41N5O13. The molecule has 1 saturated carbocycles. The van der Waals surface area contributed by atoms with Gasteiger partial charge in [0.05, 0.1) is 12.1 Å². The summed E-state index contributed by atoms with van der Waals surface area (Å²) in [6.45, 7) is -0.239. The molecule has 18 nitrogen and oxygen atoms in total. The minimum absolute atomic E-state index is 0.000692. The van der Waals surface area contributed by atoms with Crippen LogP contribution < -0.4 is 28.3 Å². The lowest BCUT2D eigenvalue weighted by Gasteiger charge is -2.48. The second-order valence-electron chi connectivity index (χ2n) is 10.2. The zero-order valence-electron chi connectivity index (χ0n) is 21.5. The lowest BCUT2D eigenvalue weighted by Crippen LogP contribution is -2.69. The minimum Gasteiger partial charge on any atom is -0.388 e. The van der Waals surface area contributed by atoms with Gasteiger partial charge in [-0.3, -0.25) is 4.79 Å². The molecule has 1 aliphatic carbocycles. The Morgan fingerprint density at radius 2 is 1.52 bits per heavy atom. The summed E-state index contributed by atoms with van der Waals surface area (Å²) in [4.78, 5) is 23.9. The van der Waals surface area contributed by atoms with Gasteiger partial charge in [-0.25, -0.2) is 0 Å². The smallest absolute Gasteiger partial charge is 0.249 e. The van der Waals surface area contributed by atoms with Crippen LogP contribution in [0.5, 0.6) is 0 Å². The second-order valence-corrected chi connectivity index (χ2v) is 10.2. The van der Waals surface area contributed by atoms with Crippen molar-refractivity contribution in [2.75, 3.05) is 13.1 Å².